The fourth-order valence-corrected chi connectivity index (χ4v) is 6.46. The molecule has 4 atom stereocenters. The van der Waals surface area contributed by atoms with E-state index in [0.717, 1.165) is 18.6 Å². The summed E-state index contributed by atoms with van der Waals surface area (Å²) in [6.07, 6.45) is 4.86. The molecule has 0 unspecified atom stereocenters. The molecule has 220 valence electrons. The van der Waals surface area contributed by atoms with E-state index < -0.39 is 33.5 Å². The van der Waals surface area contributed by atoms with E-state index >= 15 is 0 Å². The van der Waals surface area contributed by atoms with Crippen molar-refractivity contribution >= 4 is 45.6 Å². The lowest BCUT2D eigenvalue weighted by molar-refractivity contribution is -0.129. The van der Waals surface area contributed by atoms with Crippen molar-refractivity contribution in [1.82, 2.24) is 26.6 Å². The Morgan fingerprint density at radius 3 is 2.56 bits per heavy atom. The molecule has 39 heavy (non-hydrogen) atoms. The second kappa shape index (κ2) is 14.3. The minimum absolute atomic E-state index is 0.0977. The largest absolute Gasteiger partial charge is 0.356 e. The lowest BCUT2D eigenvalue weighted by atomic mass is 10.0. The lowest BCUT2D eigenvalue weighted by Crippen LogP contribution is -2.47. The Morgan fingerprint density at radius 2 is 1.85 bits per heavy atom. The van der Waals surface area contributed by atoms with E-state index in [1.165, 1.54) is 0 Å². The number of hydrogen-bond acceptors (Lipinski definition) is 9. The fraction of sp³-hybridized carbons (Fsp3) is 0.826. The highest BCUT2D eigenvalue weighted by molar-refractivity contribution is 8.00. The highest BCUT2D eigenvalue weighted by Gasteiger charge is 2.42. The third-order valence-electron chi connectivity index (χ3n) is 6.90. The quantitative estimate of drug-likeness (QED) is 0.0749. The van der Waals surface area contributed by atoms with E-state index in [-0.39, 0.29) is 42.9 Å². The topological polar surface area (TPSA) is 208 Å². The van der Waals surface area contributed by atoms with Crippen LogP contribution in [0.3, 0.4) is 0 Å². The molecule has 3 aliphatic heterocycles. The van der Waals surface area contributed by atoms with Crippen LogP contribution in [0.5, 0.6) is 0 Å². The molecule has 0 aromatic rings. The van der Waals surface area contributed by atoms with Gasteiger partial charge < -0.3 is 26.6 Å². The molecular formula is C23H39N7O7S2. The minimum atomic E-state index is -4.22. The van der Waals surface area contributed by atoms with E-state index in [1.54, 1.807) is 0 Å². The third-order valence-corrected chi connectivity index (χ3v) is 9.13. The van der Waals surface area contributed by atoms with Gasteiger partial charge in [0.05, 0.1) is 17.8 Å². The van der Waals surface area contributed by atoms with Gasteiger partial charge in [0.15, 0.2) is 5.66 Å². The van der Waals surface area contributed by atoms with Crippen LogP contribution in [0, 0.1) is 0 Å². The van der Waals surface area contributed by atoms with Crippen LogP contribution in [0.1, 0.15) is 64.7 Å². The smallest absolute Gasteiger partial charge is 0.315 e. The Balaban J connectivity index is 1.35. The number of urea groups is 1. The molecule has 6 N–H and O–H groups in total. The number of amides is 5. The van der Waals surface area contributed by atoms with Crippen LogP contribution in [-0.4, -0.2) is 90.4 Å². The lowest BCUT2D eigenvalue weighted by Gasteiger charge is -2.19. The number of unbranched alkanes of at least 4 members (excludes halogenated alkanes) is 2. The van der Waals surface area contributed by atoms with Crippen molar-refractivity contribution < 1.29 is 32.1 Å². The third kappa shape index (κ3) is 11.3. The minimum Gasteiger partial charge on any atom is -0.356 e. The summed E-state index contributed by atoms with van der Waals surface area (Å²) in [6.45, 7) is 2.00. The summed E-state index contributed by atoms with van der Waals surface area (Å²) in [5, 5.41) is 21.9. The average Bonchev–Trinajstić information content (AvgIpc) is 3.31. The SMILES string of the molecule is CC1(CCC(=O)NCCCC[C@H](NC(=O)CCCC[C@H]2SC[C@H]3NC(=O)N[C@H]32)C(=O)NCCS(=O)(=O)O)N=N1. The van der Waals surface area contributed by atoms with Gasteiger partial charge in [0.2, 0.25) is 17.7 Å². The first-order valence-electron chi connectivity index (χ1n) is 13.4. The zero-order chi connectivity index (χ0) is 28.5. The van der Waals surface area contributed by atoms with E-state index in [2.05, 4.69) is 36.8 Å². The highest BCUT2D eigenvalue weighted by atomic mass is 32.2. The van der Waals surface area contributed by atoms with Gasteiger partial charge in [-0.05, 0) is 39.0 Å². The zero-order valence-corrected chi connectivity index (χ0v) is 23.7. The number of nitrogens with zero attached hydrogens (tertiary/aromatic N) is 2. The van der Waals surface area contributed by atoms with Crippen LogP contribution in [0.2, 0.25) is 0 Å². The van der Waals surface area contributed by atoms with Gasteiger partial charge in [-0.25, -0.2) is 4.79 Å². The van der Waals surface area contributed by atoms with Crippen molar-refractivity contribution in [2.45, 2.75) is 93.7 Å². The standard InChI is InChI=1S/C23H39N7O7S2/c1-23(29-30-23)10-9-18(31)24-11-5-4-6-15(21(33)25-12-13-39(35,36)37)26-19(32)8-3-2-7-17-20-16(14-38-17)27-22(34)28-20/h15-17,20H,2-14H2,1H3,(H,24,31)(H,25,33)(H,26,32)(H2,27,28,34)(H,35,36,37)/t15-,16+,17+,20+/m0/s1. The first-order chi connectivity index (χ1) is 18.4. The molecule has 3 heterocycles. The zero-order valence-electron chi connectivity index (χ0n) is 22.1. The molecule has 14 nitrogen and oxygen atoms in total. The maximum Gasteiger partial charge on any atom is 0.315 e. The van der Waals surface area contributed by atoms with Gasteiger partial charge >= 0.3 is 6.03 Å². The number of fused-ring (bicyclic) bond motifs is 1. The number of nitrogens with one attached hydrogen (secondary N) is 5. The molecule has 2 saturated heterocycles. The predicted molar refractivity (Wildman–Crippen MR) is 145 cm³/mol. The summed E-state index contributed by atoms with van der Waals surface area (Å²) < 4.78 is 30.8. The average molecular weight is 590 g/mol. The van der Waals surface area contributed by atoms with Crippen molar-refractivity contribution in [1.29, 1.82) is 0 Å². The van der Waals surface area contributed by atoms with Crippen molar-refractivity contribution in [2.75, 3.05) is 24.6 Å². The van der Waals surface area contributed by atoms with E-state index in [0.29, 0.717) is 50.3 Å². The van der Waals surface area contributed by atoms with Crippen LogP contribution in [0.25, 0.3) is 0 Å². The highest BCUT2D eigenvalue weighted by Crippen LogP contribution is 2.33. The molecule has 0 aromatic carbocycles. The Hall–Kier alpha value is -2.46. The Morgan fingerprint density at radius 1 is 1.08 bits per heavy atom. The van der Waals surface area contributed by atoms with Crippen LogP contribution in [-0.2, 0) is 24.5 Å². The Kier molecular flexibility index (Phi) is 11.4. The van der Waals surface area contributed by atoms with Crippen molar-refractivity contribution in [3.63, 3.8) is 0 Å². The fourth-order valence-electron chi connectivity index (χ4n) is 4.56. The van der Waals surface area contributed by atoms with Crippen molar-refractivity contribution in [2.24, 2.45) is 10.2 Å². The molecule has 0 saturated carbocycles. The molecule has 3 rings (SSSR count). The Bertz CT molecular complexity index is 1030. The number of hydrogen-bond donors (Lipinski definition) is 6. The van der Waals surface area contributed by atoms with Gasteiger partial charge in [0, 0.05) is 43.4 Å². The van der Waals surface area contributed by atoms with Gasteiger partial charge in [0.1, 0.15) is 6.04 Å². The van der Waals surface area contributed by atoms with Gasteiger partial charge in [0.25, 0.3) is 10.1 Å². The first kappa shape index (κ1) is 31.1. The number of thioether (sulfide) groups is 1. The molecule has 0 aliphatic carbocycles. The summed E-state index contributed by atoms with van der Waals surface area (Å²) in [7, 11) is -4.22. The van der Waals surface area contributed by atoms with Crippen molar-refractivity contribution in [3.05, 3.63) is 0 Å². The Labute approximate surface area is 232 Å². The van der Waals surface area contributed by atoms with Gasteiger partial charge in [-0.2, -0.15) is 30.4 Å². The maximum absolute atomic E-state index is 12.6. The number of carbonyl (C=O) groups excluding carboxylic acids is 4. The molecule has 0 aromatic heterocycles. The van der Waals surface area contributed by atoms with Crippen LogP contribution < -0.4 is 26.6 Å². The summed E-state index contributed by atoms with van der Waals surface area (Å²) >= 11 is 1.81. The van der Waals surface area contributed by atoms with Gasteiger partial charge in [-0.1, -0.05) is 6.42 Å². The van der Waals surface area contributed by atoms with Crippen LogP contribution >= 0.6 is 11.8 Å². The number of carbonyl (C=O) groups is 4. The summed E-state index contributed by atoms with van der Waals surface area (Å²) in [5.41, 5.74) is -0.422. The summed E-state index contributed by atoms with van der Waals surface area (Å²) in [5.74, 6) is -0.658. The van der Waals surface area contributed by atoms with E-state index in [4.69, 9.17) is 4.55 Å². The van der Waals surface area contributed by atoms with Gasteiger partial charge in [-0.3, -0.25) is 18.9 Å². The van der Waals surface area contributed by atoms with Crippen molar-refractivity contribution in [3.8, 4) is 0 Å². The monoisotopic (exact) mass is 589 g/mol. The summed E-state index contributed by atoms with van der Waals surface area (Å²) in [6, 6.07) is -0.723. The molecular weight excluding hydrogens is 550 g/mol. The molecule has 0 bridgehead atoms. The van der Waals surface area contributed by atoms with Gasteiger partial charge in [-0.15, -0.1) is 0 Å². The molecule has 0 radical (unpaired) electrons. The van der Waals surface area contributed by atoms with E-state index in [1.807, 2.05) is 18.7 Å². The van der Waals surface area contributed by atoms with Crippen LogP contribution in [0.15, 0.2) is 10.2 Å². The molecule has 2 fully saturated rings. The molecule has 16 heteroatoms. The van der Waals surface area contributed by atoms with E-state index in [9.17, 15) is 27.6 Å². The molecule has 5 amide bonds. The normalized spacial score (nSPS) is 23.3. The predicted octanol–water partition coefficient (Wildman–Crippen LogP) is 0.450. The van der Waals surface area contributed by atoms with Crippen LogP contribution in [0.4, 0.5) is 4.79 Å². The maximum atomic E-state index is 12.6. The molecule has 0 spiro atoms. The summed E-state index contributed by atoms with van der Waals surface area (Å²) in [4.78, 5) is 48.7. The second-order valence-electron chi connectivity index (χ2n) is 10.3. The molecule has 3 aliphatic rings. The first-order valence-corrected chi connectivity index (χ1v) is 16.0. The second-order valence-corrected chi connectivity index (χ2v) is 13.2. The number of rotatable bonds is 18.